The zero-order valence-electron chi connectivity index (χ0n) is 15.3. The van der Waals surface area contributed by atoms with Crippen LogP contribution in [0, 0.1) is 0 Å². The van der Waals surface area contributed by atoms with Crippen molar-refractivity contribution in [2.24, 2.45) is 0 Å². The van der Waals surface area contributed by atoms with Gasteiger partial charge in [0, 0.05) is 39.3 Å². The maximum absolute atomic E-state index is 5.23. The molecule has 2 aromatic carbocycles. The first-order valence-electron chi connectivity index (χ1n) is 9.03. The number of rotatable bonds is 6. The summed E-state index contributed by atoms with van der Waals surface area (Å²) in [5, 5.41) is 0. The summed E-state index contributed by atoms with van der Waals surface area (Å²) in [6.45, 7) is 8.85. The smallest absolute Gasteiger partial charge is 0.118 e. The summed E-state index contributed by atoms with van der Waals surface area (Å²) in [7, 11) is 1.71. The van der Waals surface area contributed by atoms with Gasteiger partial charge in [-0.05, 0) is 30.2 Å². The third kappa shape index (κ3) is 5.45. The van der Waals surface area contributed by atoms with Gasteiger partial charge in [0.05, 0.1) is 7.11 Å². The van der Waals surface area contributed by atoms with Crippen molar-refractivity contribution >= 4 is 6.08 Å². The second-order valence-electron chi connectivity index (χ2n) is 6.80. The number of methoxy groups -OCH3 is 1. The minimum Gasteiger partial charge on any atom is -0.497 e. The van der Waals surface area contributed by atoms with Crippen molar-refractivity contribution in [3.8, 4) is 5.75 Å². The Morgan fingerprint density at radius 2 is 1.56 bits per heavy atom. The molecule has 25 heavy (non-hydrogen) atoms. The van der Waals surface area contributed by atoms with Crippen molar-refractivity contribution in [1.29, 1.82) is 0 Å². The van der Waals surface area contributed by atoms with Crippen LogP contribution < -0.4 is 4.74 Å². The molecule has 0 bridgehead atoms. The van der Waals surface area contributed by atoms with Crippen LogP contribution in [0.1, 0.15) is 18.1 Å². The van der Waals surface area contributed by atoms with E-state index in [0.717, 1.165) is 45.0 Å². The molecule has 1 fully saturated rings. The first kappa shape index (κ1) is 17.7. The molecule has 0 radical (unpaired) electrons. The lowest BCUT2D eigenvalue weighted by Crippen LogP contribution is -2.46. The predicted octanol–water partition coefficient (Wildman–Crippen LogP) is 3.92. The van der Waals surface area contributed by atoms with Gasteiger partial charge in [0.2, 0.25) is 0 Å². The van der Waals surface area contributed by atoms with E-state index < -0.39 is 0 Å². The second kappa shape index (κ2) is 8.84. The van der Waals surface area contributed by atoms with E-state index in [1.54, 1.807) is 7.11 Å². The summed E-state index contributed by atoms with van der Waals surface area (Å²) in [4.78, 5) is 5.09. The molecule has 132 valence electrons. The summed E-state index contributed by atoms with van der Waals surface area (Å²) in [6.07, 6.45) is 2.30. The molecule has 0 aliphatic carbocycles. The maximum atomic E-state index is 5.23. The van der Waals surface area contributed by atoms with E-state index in [2.05, 4.69) is 65.3 Å². The van der Waals surface area contributed by atoms with Gasteiger partial charge in [-0.1, -0.05) is 54.1 Å². The molecule has 0 unspecified atom stereocenters. The Morgan fingerprint density at radius 1 is 0.920 bits per heavy atom. The lowest BCUT2D eigenvalue weighted by Gasteiger charge is -2.35. The van der Waals surface area contributed by atoms with Crippen molar-refractivity contribution < 1.29 is 4.74 Å². The minimum atomic E-state index is 0.925. The molecule has 2 aromatic rings. The van der Waals surface area contributed by atoms with E-state index in [1.807, 2.05) is 12.1 Å². The van der Waals surface area contributed by atoms with Gasteiger partial charge in [0.15, 0.2) is 0 Å². The summed E-state index contributed by atoms with van der Waals surface area (Å²) in [6, 6.07) is 19.0. The van der Waals surface area contributed by atoms with Gasteiger partial charge in [0.1, 0.15) is 5.75 Å². The zero-order chi connectivity index (χ0) is 17.5. The van der Waals surface area contributed by atoms with Crippen LogP contribution in [0.25, 0.3) is 6.08 Å². The zero-order valence-corrected chi connectivity index (χ0v) is 15.3. The van der Waals surface area contributed by atoms with Gasteiger partial charge in [-0.3, -0.25) is 9.80 Å². The molecule has 0 N–H and O–H groups in total. The summed E-state index contributed by atoms with van der Waals surface area (Å²) in [5.41, 5.74) is 4.07. The average Bonchev–Trinajstić information content (AvgIpc) is 2.65. The van der Waals surface area contributed by atoms with Crippen molar-refractivity contribution in [2.45, 2.75) is 13.5 Å². The summed E-state index contributed by atoms with van der Waals surface area (Å²) < 4.78 is 5.23. The normalized spacial score (nSPS) is 16.8. The third-order valence-electron chi connectivity index (χ3n) is 4.72. The number of piperazine rings is 1. The van der Waals surface area contributed by atoms with E-state index in [4.69, 9.17) is 4.74 Å². The molecule has 0 saturated carbocycles. The van der Waals surface area contributed by atoms with Crippen LogP contribution in [0.15, 0.2) is 60.2 Å². The topological polar surface area (TPSA) is 15.7 Å². The number of hydrogen-bond acceptors (Lipinski definition) is 3. The van der Waals surface area contributed by atoms with Gasteiger partial charge in [-0.25, -0.2) is 0 Å². The highest BCUT2D eigenvalue weighted by atomic mass is 16.5. The SMILES string of the molecule is COc1ccc(CN2CCN(CC(C)=Cc3ccccc3)CC2)cc1. The Kier molecular flexibility index (Phi) is 6.26. The predicted molar refractivity (Wildman–Crippen MR) is 105 cm³/mol. The Bertz CT molecular complexity index is 671. The first-order valence-corrected chi connectivity index (χ1v) is 9.03. The Balaban J connectivity index is 1.46. The molecule has 3 heteroatoms. The van der Waals surface area contributed by atoms with Crippen molar-refractivity contribution in [3.63, 3.8) is 0 Å². The van der Waals surface area contributed by atoms with Crippen molar-refractivity contribution in [2.75, 3.05) is 39.8 Å². The Morgan fingerprint density at radius 3 is 2.20 bits per heavy atom. The van der Waals surface area contributed by atoms with Crippen LogP contribution in [-0.4, -0.2) is 49.6 Å². The maximum Gasteiger partial charge on any atom is 0.118 e. The molecule has 1 heterocycles. The van der Waals surface area contributed by atoms with Crippen LogP contribution in [0.4, 0.5) is 0 Å². The van der Waals surface area contributed by atoms with E-state index in [9.17, 15) is 0 Å². The fourth-order valence-corrected chi connectivity index (χ4v) is 3.33. The number of nitrogens with zero attached hydrogens (tertiary/aromatic N) is 2. The molecular formula is C22H28N2O. The molecule has 1 saturated heterocycles. The quantitative estimate of drug-likeness (QED) is 0.795. The summed E-state index contributed by atoms with van der Waals surface area (Å²) >= 11 is 0. The minimum absolute atomic E-state index is 0.925. The second-order valence-corrected chi connectivity index (χ2v) is 6.80. The molecule has 3 rings (SSSR count). The van der Waals surface area contributed by atoms with Gasteiger partial charge in [-0.15, -0.1) is 0 Å². The highest BCUT2D eigenvalue weighted by Gasteiger charge is 2.17. The van der Waals surface area contributed by atoms with Crippen molar-refractivity contribution in [3.05, 3.63) is 71.3 Å². The Hall–Kier alpha value is -2.10. The molecule has 0 aromatic heterocycles. The standard InChI is InChI=1S/C22H28N2O/c1-19(16-20-6-4-3-5-7-20)17-23-12-14-24(15-13-23)18-21-8-10-22(25-2)11-9-21/h3-11,16H,12-15,17-18H2,1-2H3. The highest BCUT2D eigenvalue weighted by molar-refractivity contribution is 5.52. The molecule has 1 aliphatic rings. The number of hydrogen-bond donors (Lipinski definition) is 0. The van der Waals surface area contributed by atoms with E-state index in [-0.39, 0.29) is 0 Å². The molecule has 0 amide bonds. The monoisotopic (exact) mass is 336 g/mol. The van der Waals surface area contributed by atoms with Crippen LogP contribution in [0.3, 0.4) is 0 Å². The molecule has 1 aliphatic heterocycles. The number of benzene rings is 2. The largest absolute Gasteiger partial charge is 0.497 e. The molecular weight excluding hydrogens is 308 g/mol. The van der Waals surface area contributed by atoms with Gasteiger partial charge in [0.25, 0.3) is 0 Å². The fraction of sp³-hybridized carbons (Fsp3) is 0.364. The fourth-order valence-electron chi connectivity index (χ4n) is 3.33. The van der Waals surface area contributed by atoms with Crippen LogP contribution >= 0.6 is 0 Å². The highest BCUT2D eigenvalue weighted by Crippen LogP contribution is 2.15. The van der Waals surface area contributed by atoms with Gasteiger partial charge < -0.3 is 4.74 Å². The van der Waals surface area contributed by atoms with Crippen molar-refractivity contribution in [1.82, 2.24) is 9.80 Å². The van der Waals surface area contributed by atoms with Crippen LogP contribution in [0.5, 0.6) is 5.75 Å². The van der Waals surface area contributed by atoms with E-state index in [0.29, 0.717) is 0 Å². The third-order valence-corrected chi connectivity index (χ3v) is 4.72. The molecule has 3 nitrogen and oxygen atoms in total. The van der Waals surface area contributed by atoms with Crippen LogP contribution in [-0.2, 0) is 6.54 Å². The van der Waals surface area contributed by atoms with Gasteiger partial charge in [-0.2, -0.15) is 0 Å². The summed E-state index contributed by atoms with van der Waals surface area (Å²) in [5.74, 6) is 0.925. The lowest BCUT2D eigenvalue weighted by atomic mass is 10.1. The Labute approximate surface area is 151 Å². The molecule has 0 atom stereocenters. The van der Waals surface area contributed by atoms with E-state index >= 15 is 0 Å². The van der Waals surface area contributed by atoms with E-state index in [1.165, 1.54) is 16.7 Å². The number of ether oxygens (including phenoxy) is 1. The van der Waals surface area contributed by atoms with Crippen LogP contribution in [0.2, 0.25) is 0 Å². The lowest BCUT2D eigenvalue weighted by molar-refractivity contribution is 0.135. The molecule has 0 spiro atoms. The van der Waals surface area contributed by atoms with Gasteiger partial charge >= 0.3 is 0 Å². The average molecular weight is 336 g/mol. The first-order chi connectivity index (χ1) is 12.2.